The minimum Gasteiger partial charge on any atom is -0.465 e. The summed E-state index contributed by atoms with van der Waals surface area (Å²) < 4.78 is 5.36. The first-order chi connectivity index (χ1) is 16.8. The van der Waals surface area contributed by atoms with Gasteiger partial charge in [-0.15, -0.1) is 0 Å². The van der Waals surface area contributed by atoms with E-state index in [1.165, 1.54) is 6.92 Å². The molecule has 1 N–H and O–H groups in total. The van der Waals surface area contributed by atoms with Crippen LogP contribution in [0.2, 0.25) is 0 Å². The quantitative estimate of drug-likeness (QED) is 0.115. The van der Waals surface area contributed by atoms with Gasteiger partial charge in [0.2, 0.25) is 5.91 Å². The zero-order valence-corrected chi connectivity index (χ0v) is 22.4. The van der Waals surface area contributed by atoms with E-state index in [1.54, 1.807) is 0 Å². The molecule has 0 aromatic carbocycles. The van der Waals surface area contributed by atoms with Gasteiger partial charge in [-0.05, 0) is 51.9 Å². The number of allylic oxidation sites excluding steroid dienone is 10. The first-order valence-corrected chi connectivity index (χ1v) is 12.9. The van der Waals surface area contributed by atoms with Gasteiger partial charge in [0.1, 0.15) is 5.78 Å². The molecule has 1 amide bonds. The van der Waals surface area contributed by atoms with Gasteiger partial charge in [0.15, 0.2) is 0 Å². The number of unbranched alkanes of at least 4 members (excludes halogenated alkanes) is 1. The molecular weight excluding hydrogens is 438 g/mol. The topological polar surface area (TPSA) is 72.5 Å². The van der Waals surface area contributed by atoms with Crippen LogP contribution in [0.1, 0.15) is 91.9 Å². The molecule has 0 spiro atoms. The molecule has 35 heavy (non-hydrogen) atoms. The Morgan fingerprint density at radius 2 is 1.29 bits per heavy atom. The number of ether oxygens (including phenoxy) is 1. The van der Waals surface area contributed by atoms with Crippen LogP contribution in [0.5, 0.6) is 0 Å². The van der Waals surface area contributed by atoms with Gasteiger partial charge in [0, 0.05) is 31.2 Å². The van der Waals surface area contributed by atoms with Gasteiger partial charge >= 0.3 is 5.97 Å². The molecule has 0 radical (unpaired) electrons. The van der Waals surface area contributed by atoms with Crippen LogP contribution in [-0.4, -0.2) is 30.8 Å². The summed E-state index contributed by atoms with van der Waals surface area (Å²) in [4.78, 5) is 34.9. The lowest BCUT2D eigenvalue weighted by Gasteiger charge is -2.23. The summed E-state index contributed by atoms with van der Waals surface area (Å²) in [6.07, 6.45) is 29.1. The first kappa shape index (κ1) is 32.3. The largest absolute Gasteiger partial charge is 0.465 e. The molecule has 0 saturated heterocycles. The zero-order valence-electron chi connectivity index (χ0n) is 22.4. The smallest absolute Gasteiger partial charge is 0.305 e. The van der Waals surface area contributed by atoms with Crippen LogP contribution in [0.3, 0.4) is 0 Å². The van der Waals surface area contributed by atoms with Crippen molar-refractivity contribution in [1.29, 1.82) is 0 Å². The number of Topliss-reactive ketones (excluding diaryl/α,β-unsaturated/α-hetero) is 1. The molecule has 0 aliphatic heterocycles. The molecule has 5 heteroatoms. The van der Waals surface area contributed by atoms with Crippen LogP contribution in [-0.2, 0) is 19.1 Å². The van der Waals surface area contributed by atoms with Gasteiger partial charge in [0.05, 0.1) is 6.61 Å². The van der Waals surface area contributed by atoms with Crippen molar-refractivity contribution in [2.45, 2.75) is 91.9 Å². The average molecular weight is 486 g/mol. The van der Waals surface area contributed by atoms with E-state index in [-0.39, 0.29) is 30.7 Å². The fraction of sp³-hybridized carbons (Fsp3) is 0.567. The first-order valence-electron chi connectivity index (χ1n) is 12.9. The van der Waals surface area contributed by atoms with Crippen LogP contribution in [0.4, 0.5) is 0 Å². The second-order valence-corrected chi connectivity index (χ2v) is 9.40. The molecule has 5 nitrogen and oxygen atoms in total. The number of nitrogens with one attached hydrogen (secondary N) is 1. The van der Waals surface area contributed by atoms with E-state index in [0.29, 0.717) is 19.4 Å². The van der Waals surface area contributed by atoms with E-state index in [0.717, 1.165) is 44.9 Å². The fourth-order valence-electron chi connectivity index (χ4n) is 3.01. The highest BCUT2D eigenvalue weighted by Gasteiger charge is 2.24. The maximum atomic E-state index is 12.0. The Morgan fingerprint density at radius 1 is 0.771 bits per heavy atom. The number of hydrogen-bond acceptors (Lipinski definition) is 4. The fourth-order valence-corrected chi connectivity index (χ4v) is 3.01. The zero-order chi connectivity index (χ0) is 26.2. The summed E-state index contributed by atoms with van der Waals surface area (Å²) >= 11 is 0. The summed E-state index contributed by atoms with van der Waals surface area (Å²) in [5.41, 5.74) is -0.445. The Balaban J connectivity index is 3.80. The van der Waals surface area contributed by atoms with E-state index in [4.69, 9.17) is 4.74 Å². The predicted molar refractivity (Wildman–Crippen MR) is 146 cm³/mol. The summed E-state index contributed by atoms with van der Waals surface area (Å²) in [5.74, 6) is -0.323. The Morgan fingerprint density at radius 3 is 1.80 bits per heavy atom. The van der Waals surface area contributed by atoms with E-state index >= 15 is 0 Å². The number of ketones is 1. The Bertz CT molecular complexity index is 741. The van der Waals surface area contributed by atoms with E-state index < -0.39 is 5.41 Å². The molecule has 0 heterocycles. The van der Waals surface area contributed by atoms with Crippen molar-refractivity contribution in [3.05, 3.63) is 60.8 Å². The van der Waals surface area contributed by atoms with Crippen LogP contribution < -0.4 is 5.32 Å². The van der Waals surface area contributed by atoms with Crippen LogP contribution in [0.15, 0.2) is 60.8 Å². The standard InChI is InChI=1S/C30H47NO4/c1-5-6-7-8-9-10-11-12-13-14-15-16-17-18-19-20-21-22-29(34)35-26-30(3,4)25-28(33)31-24-23-27(2)32/h6-7,9-10,12-13,15-16,18-19H,5,8,11,14,17,20-26H2,1-4H3,(H,31,33)/b7-6-,10-9-,13-12-,16-15-,19-18-. The summed E-state index contributed by atoms with van der Waals surface area (Å²) in [6.45, 7) is 7.97. The number of carbonyl (C=O) groups excluding carboxylic acids is 3. The highest BCUT2D eigenvalue weighted by Crippen LogP contribution is 2.21. The van der Waals surface area contributed by atoms with Crippen molar-refractivity contribution in [3.63, 3.8) is 0 Å². The molecule has 0 atom stereocenters. The Kier molecular flexibility index (Phi) is 20.1. The van der Waals surface area contributed by atoms with Crippen LogP contribution in [0.25, 0.3) is 0 Å². The third-order valence-electron chi connectivity index (χ3n) is 4.97. The van der Waals surface area contributed by atoms with Crippen molar-refractivity contribution >= 4 is 17.7 Å². The maximum absolute atomic E-state index is 12.0. The molecule has 0 rings (SSSR count). The third kappa shape index (κ3) is 24.2. The second-order valence-electron chi connectivity index (χ2n) is 9.40. The normalized spacial score (nSPS) is 12.6. The van der Waals surface area contributed by atoms with Crippen LogP contribution in [0, 0.1) is 5.41 Å². The second kappa shape index (κ2) is 21.8. The van der Waals surface area contributed by atoms with Gasteiger partial charge in [-0.3, -0.25) is 14.4 Å². The Labute approximate surface area is 213 Å². The number of esters is 1. The van der Waals surface area contributed by atoms with Crippen molar-refractivity contribution in [2.75, 3.05) is 13.2 Å². The average Bonchev–Trinajstić information content (AvgIpc) is 2.79. The number of amides is 1. The summed E-state index contributed by atoms with van der Waals surface area (Å²) in [6, 6.07) is 0. The van der Waals surface area contributed by atoms with E-state index in [9.17, 15) is 14.4 Å². The minimum atomic E-state index is -0.445. The molecule has 196 valence electrons. The monoisotopic (exact) mass is 485 g/mol. The third-order valence-corrected chi connectivity index (χ3v) is 4.97. The van der Waals surface area contributed by atoms with Gasteiger partial charge < -0.3 is 10.1 Å². The summed E-state index contributed by atoms with van der Waals surface area (Å²) in [7, 11) is 0. The van der Waals surface area contributed by atoms with Crippen molar-refractivity contribution in [1.82, 2.24) is 5.32 Å². The van der Waals surface area contributed by atoms with Crippen molar-refractivity contribution < 1.29 is 19.1 Å². The van der Waals surface area contributed by atoms with Gasteiger partial charge in [-0.2, -0.15) is 0 Å². The number of carbonyl (C=O) groups is 3. The molecule has 0 aliphatic carbocycles. The van der Waals surface area contributed by atoms with E-state index in [1.807, 2.05) is 13.8 Å². The highest BCUT2D eigenvalue weighted by molar-refractivity contribution is 5.79. The van der Waals surface area contributed by atoms with Crippen LogP contribution >= 0.6 is 0 Å². The molecule has 0 saturated carbocycles. The summed E-state index contributed by atoms with van der Waals surface area (Å²) in [5, 5.41) is 2.72. The molecule has 0 bridgehead atoms. The maximum Gasteiger partial charge on any atom is 0.305 e. The number of rotatable bonds is 20. The van der Waals surface area contributed by atoms with Gasteiger partial charge in [-0.25, -0.2) is 0 Å². The van der Waals surface area contributed by atoms with E-state index in [2.05, 4.69) is 73.0 Å². The molecular formula is C30H47NO4. The SMILES string of the molecule is CC/C=C\C/C=C\C/C=C\C/C=C\C/C=C\CCCC(=O)OCC(C)(C)CC(=O)NCCC(C)=O. The lowest BCUT2D eigenvalue weighted by molar-refractivity contribution is -0.148. The van der Waals surface area contributed by atoms with Gasteiger partial charge in [0.25, 0.3) is 0 Å². The molecule has 0 aliphatic rings. The van der Waals surface area contributed by atoms with Gasteiger partial charge in [-0.1, -0.05) is 81.5 Å². The Hall–Kier alpha value is -2.69. The number of hydrogen-bond donors (Lipinski definition) is 1. The highest BCUT2D eigenvalue weighted by atomic mass is 16.5. The molecule has 0 fully saturated rings. The molecule has 0 aromatic rings. The predicted octanol–water partition coefficient (Wildman–Crippen LogP) is 6.96. The lowest BCUT2D eigenvalue weighted by Crippen LogP contribution is -2.33. The minimum absolute atomic E-state index is 0.0445. The molecule has 0 unspecified atom stereocenters. The molecule has 0 aromatic heterocycles. The van der Waals surface area contributed by atoms with Crippen molar-refractivity contribution in [3.8, 4) is 0 Å². The van der Waals surface area contributed by atoms with Crippen molar-refractivity contribution in [2.24, 2.45) is 5.41 Å². The lowest BCUT2D eigenvalue weighted by atomic mass is 9.90.